The van der Waals surface area contributed by atoms with Gasteiger partial charge in [-0.25, -0.2) is 0 Å². The molecular formula is C46H25N2+. The number of para-hydroxylation sites is 2. The number of benzene rings is 8. The van der Waals surface area contributed by atoms with Crippen molar-refractivity contribution in [3.63, 3.8) is 0 Å². The molecule has 0 amide bonds. The van der Waals surface area contributed by atoms with Gasteiger partial charge in [0.2, 0.25) is 17.4 Å². The van der Waals surface area contributed by atoms with Gasteiger partial charge in [0.25, 0.3) is 0 Å². The largest absolute Gasteiger partial charge is 0.308 e. The van der Waals surface area contributed by atoms with Gasteiger partial charge < -0.3 is 4.40 Å². The van der Waals surface area contributed by atoms with Gasteiger partial charge in [0.1, 0.15) is 0 Å². The van der Waals surface area contributed by atoms with Crippen LogP contribution in [0.15, 0.2) is 146 Å². The van der Waals surface area contributed by atoms with Crippen LogP contribution in [-0.2, 0) is 0 Å². The van der Waals surface area contributed by atoms with Crippen LogP contribution >= 0.6 is 0 Å². The lowest BCUT2D eigenvalue weighted by Crippen LogP contribution is -2.36. The molecule has 13 rings (SSSR count). The second-order valence-corrected chi connectivity index (χ2v) is 13.8. The Bertz CT molecular complexity index is 3170. The van der Waals surface area contributed by atoms with E-state index in [2.05, 4.69) is 155 Å². The van der Waals surface area contributed by atoms with Crippen molar-refractivity contribution in [3.8, 4) is 33.6 Å². The third-order valence-electron chi connectivity index (χ3n) is 11.7. The normalized spacial score (nSPS) is 14.9. The first-order chi connectivity index (χ1) is 23.8. The molecule has 218 valence electrons. The molecule has 1 unspecified atom stereocenters. The fraction of sp³-hybridized carbons (Fsp3) is 0.0217. The minimum atomic E-state index is 0.129. The van der Waals surface area contributed by atoms with Crippen molar-refractivity contribution < 1.29 is 4.57 Å². The molecule has 2 heteroatoms. The van der Waals surface area contributed by atoms with E-state index in [1.54, 1.807) is 0 Å². The molecule has 1 atom stereocenters. The predicted molar refractivity (Wildman–Crippen MR) is 199 cm³/mol. The number of rotatable bonds is 1. The van der Waals surface area contributed by atoms with Gasteiger partial charge in [-0.1, -0.05) is 97.1 Å². The average molecular weight is 606 g/mol. The first-order valence-corrected chi connectivity index (χ1v) is 16.9. The summed E-state index contributed by atoms with van der Waals surface area (Å²) in [5.74, 6) is 0. The van der Waals surface area contributed by atoms with Crippen LogP contribution in [0, 0.1) is 0 Å². The molecule has 0 fully saturated rings. The molecule has 2 aliphatic rings. The minimum Gasteiger partial charge on any atom is -0.308 e. The summed E-state index contributed by atoms with van der Waals surface area (Å²) >= 11 is 0. The van der Waals surface area contributed by atoms with Crippen molar-refractivity contribution in [1.82, 2.24) is 4.40 Å². The number of nitrogens with zero attached hydrogens (tertiary/aromatic N) is 2. The maximum atomic E-state index is 2.61. The van der Waals surface area contributed by atoms with Crippen molar-refractivity contribution in [2.45, 2.75) is 6.04 Å². The number of aromatic nitrogens is 2. The summed E-state index contributed by atoms with van der Waals surface area (Å²) in [6.07, 6.45) is 0. The highest BCUT2D eigenvalue weighted by Gasteiger charge is 2.48. The van der Waals surface area contributed by atoms with Gasteiger partial charge >= 0.3 is 0 Å². The fourth-order valence-corrected chi connectivity index (χ4v) is 9.93. The highest BCUT2D eigenvalue weighted by Crippen LogP contribution is 2.54. The lowest BCUT2D eigenvalue weighted by molar-refractivity contribution is -0.672. The van der Waals surface area contributed by atoms with Crippen LogP contribution in [0.3, 0.4) is 0 Å². The van der Waals surface area contributed by atoms with Crippen LogP contribution in [0.4, 0.5) is 0 Å². The van der Waals surface area contributed by atoms with E-state index in [0.29, 0.717) is 0 Å². The molecule has 3 aromatic heterocycles. The van der Waals surface area contributed by atoms with Crippen molar-refractivity contribution in [1.29, 1.82) is 0 Å². The van der Waals surface area contributed by atoms with E-state index < -0.39 is 0 Å². The predicted octanol–water partition coefficient (Wildman–Crippen LogP) is 11.3. The highest BCUT2D eigenvalue weighted by molar-refractivity contribution is 6.28. The highest BCUT2D eigenvalue weighted by atomic mass is 15.1. The van der Waals surface area contributed by atoms with Gasteiger partial charge in [-0.3, -0.25) is 0 Å². The summed E-state index contributed by atoms with van der Waals surface area (Å²) in [5, 5.41) is 13.3. The quantitative estimate of drug-likeness (QED) is 0.130. The molecule has 2 nitrogen and oxygen atoms in total. The van der Waals surface area contributed by atoms with E-state index in [0.717, 1.165) is 0 Å². The second kappa shape index (κ2) is 7.99. The molecule has 48 heavy (non-hydrogen) atoms. The molecule has 5 heterocycles. The van der Waals surface area contributed by atoms with Gasteiger partial charge in [-0.15, -0.1) is 0 Å². The Kier molecular flexibility index (Phi) is 4.00. The van der Waals surface area contributed by atoms with E-state index in [4.69, 9.17) is 0 Å². The third kappa shape index (κ3) is 2.59. The summed E-state index contributed by atoms with van der Waals surface area (Å²) in [7, 11) is 0. The molecule has 8 aromatic carbocycles. The van der Waals surface area contributed by atoms with Crippen molar-refractivity contribution in [2.75, 3.05) is 0 Å². The van der Waals surface area contributed by atoms with E-state index in [1.165, 1.54) is 115 Å². The Labute approximate surface area is 275 Å². The van der Waals surface area contributed by atoms with Gasteiger partial charge in [-0.2, -0.15) is 4.57 Å². The van der Waals surface area contributed by atoms with E-state index >= 15 is 0 Å². The number of hydrogen-bond acceptors (Lipinski definition) is 0. The lowest BCUT2D eigenvalue weighted by Gasteiger charge is -2.17. The van der Waals surface area contributed by atoms with Crippen LogP contribution in [-0.4, -0.2) is 4.40 Å². The number of hydrogen-bond donors (Lipinski definition) is 0. The van der Waals surface area contributed by atoms with E-state index in [9.17, 15) is 0 Å². The zero-order valence-corrected chi connectivity index (χ0v) is 25.8. The summed E-state index contributed by atoms with van der Waals surface area (Å²) in [4.78, 5) is 0. The third-order valence-corrected chi connectivity index (χ3v) is 11.7. The monoisotopic (exact) mass is 605 g/mol. The second-order valence-electron chi connectivity index (χ2n) is 13.8. The molecule has 0 N–H and O–H groups in total. The standard InChI is InChI=1S/C46H25N2/c1-2-12-33-31(10-1)37-16-7-17-38-35-24-39-43(34-14-6-13-32-30-11-3-4-15-36(30)48(39)45(32)34)42(44(35)46(33)47(37)38)29-22-27-20-18-25-8-5-9-26-19-21-28(23-29)41(27)40(25)26/h1-24,46H/q+1. The first kappa shape index (κ1) is 24.0. The SMILES string of the molecule is c1ccc2c(c1)-c1cccc3[n+]1C2c1c-3cc2c(c1-c1cc3ccc4cccc5ccc(c1)c3c45)c1cccc3c4ccccc4n2c31. The molecule has 11 aromatic rings. The Hall–Kier alpha value is -6.25. The van der Waals surface area contributed by atoms with Gasteiger partial charge in [0.05, 0.1) is 27.7 Å². The molecule has 0 bridgehead atoms. The first-order valence-electron chi connectivity index (χ1n) is 16.9. The summed E-state index contributed by atoms with van der Waals surface area (Å²) in [6.45, 7) is 0. The summed E-state index contributed by atoms with van der Waals surface area (Å²) in [5.41, 5.74) is 14.6. The van der Waals surface area contributed by atoms with Gasteiger partial charge in [-0.05, 0) is 74.3 Å². The fourth-order valence-electron chi connectivity index (χ4n) is 9.93. The van der Waals surface area contributed by atoms with Crippen LogP contribution in [0.25, 0.3) is 104 Å². The van der Waals surface area contributed by atoms with Crippen molar-refractivity contribution in [2.24, 2.45) is 0 Å². The average Bonchev–Trinajstić information content (AvgIpc) is 3.86. The summed E-state index contributed by atoms with van der Waals surface area (Å²) in [6, 6.07) is 55.3. The Morgan fingerprint density at radius 2 is 1.10 bits per heavy atom. The molecule has 0 saturated carbocycles. The Morgan fingerprint density at radius 1 is 0.458 bits per heavy atom. The minimum absolute atomic E-state index is 0.129. The van der Waals surface area contributed by atoms with Crippen LogP contribution < -0.4 is 4.57 Å². The molecule has 0 radical (unpaired) electrons. The Morgan fingerprint density at radius 3 is 1.96 bits per heavy atom. The maximum Gasteiger partial charge on any atom is 0.214 e. The number of fused-ring (bicyclic) bond motifs is 12. The van der Waals surface area contributed by atoms with E-state index in [-0.39, 0.29) is 6.04 Å². The topological polar surface area (TPSA) is 8.29 Å². The van der Waals surface area contributed by atoms with Crippen molar-refractivity contribution in [3.05, 3.63) is 157 Å². The Balaban J connectivity index is 1.27. The zero-order chi connectivity index (χ0) is 30.8. The molecule has 2 aliphatic heterocycles. The smallest absolute Gasteiger partial charge is 0.214 e. The number of pyridine rings is 1. The van der Waals surface area contributed by atoms with Crippen LogP contribution in [0.2, 0.25) is 0 Å². The zero-order valence-electron chi connectivity index (χ0n) is 25.8. The lowest BCUT2D eigenvalue weighted by atomic mass is 9.84. The molecule has 0 spiro atoms. The molecule has 0 aliphatic carbocycles. The van der Waals surface area contributed by atoms with E-state index in [1.807, 2.05) is 0 Å². The van der Waals surface area contributed by atoms with Gasteiger partial charge in [0, 0.05) is 50.4 Å². The van der Waals surface area contributed by atoms with Crippen LogP contribution in [0.1, 0.15) is 17.2 Å². The maximum absolute atomic E-state index is 2.61. The van der Waals surface area contributed by atoms with Gasteiger partial charge in [0.15, 0.2) is 0 Å². The molecule has 0 saturated heterocycles. The molecular weight excluding hydrogens is 581 g/mol. The van der Waals surface area contributed by atoms with Crippen molar-refractivity contribution >= 4 is 70.4 Å². The van der Waals surface area contributed by atoms with Crippen LogP contribution in [0.5, 0.6) is 0 Å². The summed E-state index contributed by atoms with van der Waals surface area (Å²) < 4.78 is 5.15.